The molecule has 0 heterocycles. The SMILES string of the molecule is CCCCC/C=C\C/C=C\CCCCCCCCC(CCCCCCCC/C=C\C/C=C\CCCCC)NC(=O)CCCCN(C)C. The Morgan fingerprint density at radius 3 is 1.28 bits per heavy atom. The van der Waals surface area contributed by atoms with Crippen LogP contribution in [0.5, 0.6) is 0 Å². The van der Waals surface area contributed by atoms with E-state index >= 15 is 0 Å². The van der Waals surface area contributed by atoms with E-state index < -0.39 is 0 Å². The number of nitrogens with zero attached hydrogens (tertiary/aromatic N) is 1. The van der Waals surface area contributed by atoms with Crippen molar-refractivity contribution in [2.24, 2.45) is 0 Å². The van der Waals surface area contributed by atoms with Crippen LogP contribution >= 0.6 is 0 Å². The molecule has 0 bridgehead atoms. The molecule has 0 fully saturated rings. The van der Waals surface area contributed by atoms with Crippen molar-refractivity contribution in [1.82, 2.24) is 10.2 Å². The summed E-state index contributed by atoms with van der Waals surface area (Å²) in [6.45, 7) is 5.59. The van der Waals surface area contributed by atoms with Crippen LogP contribution in [0.2, 0.25) is 0 Å². The Balaban J connectivity index is 4.06. The van der Waals surface area contributed by atoms with Crippen LogP contribution in [0.3, 0.4) is 0 Å². The third-order valence-corrected chi connectivity index (χ3v) is 9.13. The summed E-state index contributed by atoms with van der Waals surface area (Å²) < 4.78 is 0. The molecule has 0 saturated carbocycles. The summed E-state index contributed by atoms with van der Waals surface area (Å²) in [7, 11) is 4.21. The lowest BCUT2D eigenvalue weighted by Gasteiger charge is -2.19. The van der Waals surface area contributed by atoms with Crippen molar-refractivity contribution in [3.8, 4) is 0 Å². The summed E-state index contributed by atoms with van der Waals surface area (Å²) in [6.07, 6.45) is 54.7. The largest absolute Gasteiger partial charge is 0.353 e. The highest BCUT2D eigenvalue weighted by atomic mass is 16.1. The van der Waals surface area contributed by atoms with Gasteiger partial charge in [-0.15, -0.1) is 0 Å². The van der Waals surface area contributed by atoms with Crippen LogP contribution in [0.25, 0.3) is 0 Å². The Bertz CT molecular complexity index is 702. The molecule has 3 nitrogen and oxygen atoms in total. The van der Waals surface area contributed by atoms with Crippen molar-refractivity contribution in [3.63, 3.8) is 0 Å². The van der Waals surface area contributed by atoms with Crippen LogP contribution in [0.1, 0.15) is 200 Å². The molecule has 0 rings (SSSR count). The average molecular weight is 655 g/mol. The Hall–Kier alpha value is -1.61. The second-order valence-electron chi connectivity index (χ2n) is 14.3. The third-order valence-electron chi connectivity index (χ3n) is 9.13. The van der Waals surface area contributed by atoms with Crippen molar-refractivity contribution in [2.45, 2.75) is 206 Å². The van der Waals surface area contributed by atoms with E-state index in [1.807, 2.05) is 0 Å². The molecular formula is C44H82N2O. The molecule has 0 spiro atoms. The van der Waals surface area contributed by atoms with Gasteiger partial charge in [0.05, 0.1) is 0 Å². The molecule has 47 heavy (non-hydrogen) atoms. The predicted molar refractivity (Wildman–Crippen MR) is 212 cm³/mol. The summed E-state index contributed by atoms with van der Waals surface area (Å²) in [4.78, 5) is 14.9. The summed E-state index contributed by atoms with van der Waals surface area (Å²) in [5.74, 6) is 0.272. The quantitative estimate of drug-likeness (QED) is 0.0538. The Morgan fingerprint density at radius 2 is 0.872 bits per heavy atom. The topological polar surface area (TPSA) is 32.3 Å². The molecule has 0 unspecified atom stereocenters. The van der Waals surface area contributed by atoms with E-state index in [-0.39, 0.29) is 5.91 Å². The molecule has 274 valence electrons. The standard InChI is InChI=1S/C44H82N2O/c1-5-7-9-11-13-15-17-19-21-23-25-27-29-31-33-35-39-43(45-44(47)41-37-38-42-46(3)4)40-36-34-32-30-28-26-24-22-20-18-16-14-12-10-8-6-2/h13-16,19-22,43H,5-12,17-18,23-42H2,1-4H3,(H,45,47)/b15-13-,16-14-,21-19-,22-20-. The normalized spacial score (nSPS) is 12.4. The van der Waals surface area contributed by atoms with Gasteiger partial charge in [-0.2, -0.15) is 0 Å². The van der Waals surface area contributed by atoms with Gasteiger partial charge in [0.1, 0.15) is 0 Å². The first-order valence-corrected chi connectivity index (χ1v) is 20.6. The lowest BCUT2D eigenvalue weighted by molar-refractivity contribution is -0.122. The first kappa shape index (κ1) is 45.4. The monoisotopic (exact) mass is 655 g/mol. The highest BCUT2D eigenvalue weighted by molar-refractivity contribution is 5.76. The number of nitrogens with one attached hydrogen (secondary N) is 1. The summed E-state index contributed by atoms with van der Waals surface area (Å²) in [5, 5.41) is 3.43. The van der Waals surface area contributed by atoms with Crippen molar-refractivity contribution in [1.29, 1.82) is 0 Å². The number of amides is 1. The maximum atomic E-state index is 12.7. The van der Waals surface area contributed by atoms with Gasteiger partial charge in [0.15, 0.2) is 0 Å². The van der Waals surface area contributed by atoms with Crippen molar-refractivity contribution in [3.05, 3.63) is 48.6 Å². The zero-order valence-electron chi connectivity index (χ0n) is 32.3. The molecule has 3 heteroatoms. The highest BCUT2D eigenvalue weighted by Crippen LogP contribution is 2.16. The molecule has 0 aliphatic heterocycles. The van der Waals surface area contributed by atoms with E-state index in [9.17, 15) is 4.79 Å². The third kappa shape index (κ3) is 38.7. The molecule has 0 aromatic rings. The van der Waals surface area contributed by atoms with Crippen LogP contribution in [-0.2, 0) is 4.79 Å². The number of hydrogen-bond acceptors (Lipinski definition) is 2. The summed E-state index contributed by atoms with van der Waals surface area (Å²) >= 11 is 0. The minimum Gasteiger partial charge on any atom is -0.353 e. The molecule has 0 aliphatic carbocycles. The highest BCUT2D eigenvalue weighted by Gasteiger charge is 2.12. The van der Waals surface area contributed by atoms with E-state index in [1.54, 1.807) is 0 Å². The minimum absolute atomic E-state index is 0.272. The molecular weight excluding hydrogens is 572 g/mol. The maximum Gasteiger partial charge on any atom is 0.220 e. The number of carbonyl (C=O) groups is 1. The molecule has 1 amide bonds. The van der Waals surface area contributed by atoms with Crippen molar-refractivity contribution in [2.75, 3.05) is 20.6 Å². The zero-order chi connectivity index (χ0) is 34.3. The Morgan fingerprint density at radius 1 is 0.489 bits per heavy atom. The zero-order valence-corrected chi connectivity index (χ0v) is 32.3. The summed E-state index contributed by atoms with van der Waals surface area (Å²) in [6, 6.07) is 0.369. The van der Waals surface area contributed by atoms with E-state index in [0.29, 0.717) is 12.5 Å². The number of carbonyl (C=O) groups excluding carboxylic acids is 1. The van der Waals surface area contributed by atoms with Crippen LogP contribution < -0.4 is 5.32 Å². The molecule has 1 N–H and O–H groups in total. The number of allylic oxidation sites excluding steroid dienone is 8. The van der Waals surface area contributed by atoms with Crippen LogP contribution in [0, 0.1) is 0 Å². The van der Waals surface area contributed by atoms with Crippen LogP contribution in [0.15, 0.2) is 48.6 Å². The second kappa shape index (κ2) is 38.8. The number of unbranched alkanes of at least 4 members (excludes halogenated alkanes) is 19. The van der Waals surface area contributed by atoms with Gasteiger partial charge in [-0.1, -0.05) is 152 Å². The molecule has 0 aromatic carbocycles. The summed E-state index contributed by atoms with van der Waals surface area (Å²) in [5.41, 5.74) is 0. The first-order valence-electron chi connectivity index (χ1n) is 20.6. The van der Waals surface area contributed by atoms with Crippen LogP contribution in [-0.4, -0.2) is 37.5 Å². The first-order chi connectivity index (χ1) is 23.1. The van der Waals surface area contributed by atoms with E-state index in [0.717, 1.165) is 45.1 Å². The minimum atomic E-state index is 0.272. The second-order valence-corrected chi connectivity index (χ2v) is 14.3. The Labute approximate surface area is 295 Å². The fourth-order valence-electron chi connectivity index (χ4n) is 6.06. The van der Waals surface area contributed by atoms with Crippen LogP contribution in [0.4, 0.5) is 0 Å². The van der Waals surface area contributed by atoms with E-state index in [2.05, 4.69) is 86.8 Å². The lowest BCUT2D eigenvalue weighted by atomic mass is 9.99. The van der Waals surface area contributed by atoms with Crippen molar-refractivity contribution < 1.29 is 4.79 Å². The van der Waals surface area contributed by atoms with Crippen molar-refractivity contribution >= 4 is 5.91 Å². The fraction of sp³-hybridized carbons (Fsp3) is 0.795. The molecule has 0 atom stereocenters. The maximum absolute atomic E-state index is 12.7. The smallest absolute Gasteiger partial charge is 0.220 e. The van der Waals surface area contributed by atoms with Gasteiger partial charge in [0.25, 0.3) is 0 Å². The Kier molecular flexibility index (Phi) is 37.5. The van der Waals surface area contributed by atoms with Gasteiger partial charge in [0.2, 0.25) is 5.91 Å². The fourth-order valence-corrected chi connectivity index (χ4v) is 6.06. The van der Waals surface area contributed by atoms with E-state index in [1.165, 1.54) is 141 Å². The number of rotatable bonds is 36. The predicted octanol–water partition coefficient (Wildman–Crippen LogP) is 13.6. The lowest BCUT2D eigenvalue weighted by Crippen LogP contribution is -2.34. The molecule has 0 aromatic heterocycles. The molecule has 0 radical (unpaired) electrons. The molecule has 0 aliphatic rings. The van der Waals surface area contributed by atoms with Gasteiger partial charge >= 0.3 is 0 Å². The van der Waals surface area contributed by atoms with Gasteiger partial charge in [0, 0.05) is 12.5 Å². The van der Waals surface area contributed by atoms with Gasteiger partial charge in [-0.05, 0) is 111 Å². The van der Waals surface area contributed by atoms with Gasteiger partial charge in [-0.25, -0.2) is 0 Å². The van der Waals surface area contributed by atoms with E-state index in [4.69, 9.17) is 0 Å². The molecule has 0 saturated heterocycles. The number of hydrogen-bond donors (Lipinski definition) is 1. The van der Waals surface area contributed by atoms with Gasteiger partial charge < -0.3 is 10.2 Å². The average Bonchev–Trinajstić information content (AvgIpc) is 3.06. The van der Waals surface area contributed by atoms with Gasteiger partial charge in [-0.3, -0.25) is 4.79 Å².